The molecule has 0 atom stereocenters. The van der Waals surface area contributed by atoms with Gasteiger partial charge in [0.2, 0.25) is 0 Å². The monoisotopic (exact) mass is 1060 g/mol. The van der Waals surface area contributed by atoms with Gasteiger partial charge < -0.3 is 18.3 Å². The molecule has 0 saturated carbocycles. The zero-order valence-electron chi connectivity index (χ0n) is 44.4. The lowest BCUT2D eigenvalue weighted by atomic mass is 10.0. The van der Waals surface area contributed by atoms with Crippen molar-refractivity contribution in [2.75, 3.05) is 0 Å². The highest BCUT2D eigenvalue weighted by Gasteiger charge is 2.31. The number of pyridine rings is 4. The maximum absolute atomic E-state index is 20.9. The highest BCUT2D eigenvalue weighted by molar-refractivity contribution is 6.16. The summed E-state index contributed by atoms with van der Waals surface area (Å²) in [5.41, 5.74) is 16.5. The van der Waals surface area contributed by atoms with Crippen LogP contribution in [0.4, 0.5) is 4.39 Å². The fraction of sp³-hybridized carbons (Fsp3) is 0. The van der Waals surface area contributed by atoms with Gasteiger partial charge in [0.05, 0.1) is 78.3 Å². The van der Waals surface area contributed by atoms with Crippen LogP contribution < -0.4 is 0 Å². The first kappa shape index (κ1) is 46.6. The van der Waals surface area contributed by atoms with E-state index in [0.717, 1.165) is 132 Å². The lowest BCUT2D eigenvalue weighted by Gasteiger charge is -2.24. The largest absolute Gasteiger partial charge is 0.307 e. The third kappa shape index (κ3) is 7.11. The van der Waals surface area contributed by atoms with Crippen LogP contribution in [0.2, 0.25) is 0 Å². The van der Waals surface area contributed by atoms with Gasteiger partial charge in [0.1, 0.15) is 11.4 Å². The minimum absolute atomic E-state index is 0.397. The molecule has 8 heterocycles. The molecule has 0 N–H and O–H groups in total. The Kier molecular flexibility index (Phi) is 10.3. The third-order valence-electron chi connectivity index (χ3n) is 16.6. The Morgan fingerprint density at radius 1 is 0.229 bits per heavy atom. The zero-order valence-corrected chi connectivity index (χ0v) is 44.4. The fourth-order valence-electron chi connectivity index (χ4n) is 13.0. The molecule has 17 aromatic rings. The molecule has 8 aromatic heterocycles. The molecule has 0 aliphatic rings. The van der Waals surface area contributed by atoms with Gasteiger partial charge in [-0.05, 0) is 127 Å². The van der Waals surface area contributed by atoms with E-state index in [4.69, 9.17) is 19.9 Å². The van der Waals surface area contributed by atoms with Crippen LogP contribution in [-0.4, -0.2) is 38.2 Å². The van der Waals surface area contributed by atoms with Gasteiger partial charge in [0, 0.05) is 90.1 Å². The molecule has 0 saturated heterocycles. The Morgan fingerprint density at radius 3 is 0.747 bits per heavy atom. The minimum atomic E-state index is -0.397. The van der Waals surface area contributed by atoms with Crippen molar-refractivity contribution < 1.29 is 4.39 Å². The van der Waals surface area contributed by atoms with Crippen LogP contribution in [0.15, 0.2) is 274 Å². The van der Waals surface area contributed by atoms with Crippen molar-refractivity contribution in [3.8, 4) is 67.8 Å². The van der Waals surface area contributed by atoms with Gasteiger partial charge in [-0.15, -0.1) is 0 Å². The van der Waals surface area contributed by atoms with Crippen molar-refractivity contribution in [2.45, 2.75) is 0 Å². The Bertz CT molecular complexity index is 4810. The summed E-state index contributed by atoms with van der Waals surface area (Å²) >= 11 is 0. The molecule has 0 bridgehead atoms. The molecule has 0 aliphatic heterocycles. The number of hydrogen-bond donors (Lipinski definition) is 0. The molecule has 0 fully saturated rings. The normalized spacial score (nSPS) is 11.9. The standard InChI is InChI=1S/C74H45FN8/c75-72-73(82-62-25-5-1-17-50(62)51-18-2-6-26-63(51)82)70(80-66-33-29-46(58-21-9-13-37-76-58)41-54(66)55-42-47(30-34-67(55)80)59-22-10-14-38-77-59)45-71(74(72)83-64-27-7-3-19-52(64)53-20-4-8-28-65(53)83)81-68-35-31-48(60-23-11-15-39-78-60)43-56(68)57-44-49(32-36-69(57)81)61-24-12-16-40-79-61/h1-45H. The van der Waals surface area contributed by atoms with E-state index < -0.39 is 5.82 Å². The van der Waals surface area contributed by atoms with Gasteiger partial charge in [-0.3, -0.25) is 19.9 Å². The molecule has 9 aromatic carbocycles. The summed E-state index contributed by atoms with van der Waals surface area (Å²) in [6, 6.07) is 85.9. The van der Waals surface area contributed by atoms with Crippen molar-refractivity contribution in [3.05, 3.63) is 279 Å². The average molecular weight is 1070 g/mol. The zero-order chi connectivity index (χ0) is 54.7. The minimum Gasteiger partial charge on any atom is -0.307 e. The summed E-state index contributed by atoms with van der Waals surface area (Å²) < 4.78 is 29.7. The second kappa shape index (κ2) is 18.4. The molecule has 9 heteroatoms. The SMILES string of the molecule is Fc1c(-n2c3ccccc3c3ccccc32)c(-n2c3ccc(-c4ccccn4)cc3c3cc(-c4ccccn4)ccc32)cc(-n2c3ccc(-c4ccccn4)cc3c3cc(-c4ccccn4)ccc32)c1-n1c2ccccc2c2ccccc21. The van der Waals surface area contributed by atoms with Crippen molar-refractivity contribution in [1.29, 1.82) is 0 Å². The summed E-state index contributed by atoms with van der Waals surface area (Å²) in [6.45, 7) is 0. The summed E-state index contributed by atoms with van der Waals surface area (Å²) in [7, 11) is 0. The Balaban J connectivity index is 1.09. The van der Waals surface area contributed by atoms with Gasteiger partial charge >= 0.3 is 0 Å². The molecule has 0 unspecified atom stereocenters. The van der Waals surface area contributed by atoms with Gasteiger partial charge in [0.25, 0.3) is 0 Å². The highest BCUT2D eigenvalue weighted by Crippen LogP contribution is 2.47. The van der Waals surface area contributed by atoms with Crippen LogP contribution in [0, 0.1) is 5.82 Å². The van der Waals surface area contributed by atoms with Crippen LogP contribution >= 0.6 is 0 Å². The highest BCUT2D eigenvalue weighted by atomic mass is 19.1. The first-order valence-electron chi connectivity index (χ1n) is 27.8. The lowest BCUT2D eigenvalue weighted by molar-refractivity contribution is 0.612. The van der Waals surface area contributed by atoms with E-state index in [1.54, 1.807) is 0 Å². The number of hydrogen-bond acceptors (Lipinski definition) is 4. The van der Waals surface area contributed by atoms with Crippen molar-refractivity contribution in [2.24, 2.45) is 0 Å². The number of aromatic nitrogens is 8. The van der Waals surface area contributed by atoms with E-state index in [1.807, 2.05) is 122 Å². The van der Waals surface area contributed by atoms with Gasteiger partial charge in [0.15, 0.2) is 5.82 Å². The van der Waals surface area contributed by atoms with Gasteiger partial charge in [-0.1, -0.05) is 121 Å². The molecule has 0 radical (unpaired) electrons. The first-order chi connectivity index (χ1) is 41.1. The maximum atomic E-state index is 20.9. The van der Waals surface area contributed by atoms with E-state index >= 15 is 4.39 Å². The van der Waals surface area contributed by atoms with Crippen LogP contribution in [0.3, 0.4) is 0 Å². The van der Waals surface area contributed by atoms with E-state index in [1.165, 1.54) is 0 Å². The fourth-order valence-corrected chi connectivity index (χ4v) is 13.0. The quantitative estimate of drug-likeness (QED) is 0.152. The molecule has 17 rings (SSSR count). The van der Waals surface area contributed by atoms with Crippen molar-refractivity contribution in [3.63, 3.8) is 0 Å². The topological polar surface area (TPSA) is 71.3 Å². The van der Waals surface area contributed by atoms with Gasteiger partial charge in [-0.2, -0.15) is 0 Å². The first-order valence-corrected chi connectivity index (χ1v) is 27.8. The third-order valence-corrected chi connectivity index (χ3v) is 16.6. The lowest BCUT2D eigenvalue weighted by Crippen LogP contribution is -2.14. The molecular weight excluding hydrogens is 1020 g/mol. The number of nitrogens with zero attached hydrogens (tertiary/aromatic N) is 8. The second-order valence-corrected chi connectivity index (χ2v) is 21.1. The molecular formula is C74H45FN8. The number of para-hydroxylation sites is 4. The summed E-state index contributed by atoms with van der Waals surface area (Å²) in [4.78, 5) is 19.3. The predicted octanol–water partition coefficient (Wildman–Crippen LogP) is 18.5. The van der Waals surface area contributed by atoms with E-state index in [0.29, 0.717) is 22.7 Å². The van der Waals surface area contributed by atoms with Crippen molar-refractivity contribution >= 4 is 87.2 Å². The van der Waals surface area contributed by atoms with E-state index in [-0.39, 0.29) is 0 Å². The molecule has 83 heavy (non-hydrogen) atoms. The average Bonchev–Trinajstić information content (AvgIpc) is 2.36. The molecule has 0 aliphatic carbocycles. The summed E-state index contributed by atoms with van der Waals surface area (Å²) in [6.07, 6.45) is 7.32. The Labute approximate surface area is 474 Å². The number of benzene rings is 9. The van der Waals surface area contributed by atoms with E-state index in [2.05, 4.69) is 170 Å². The number of fused-ring (bicyclic) bond motifs is 12. The molecule has 388 valence electrons. The van der Waals surface area contributed by atoms with Crippen LogP contribution in [0.25, 0.3) is 155 Å². The van der Waals surface area contributed by atoms with Crippen LogP contribution in [-0.2, 0) is 0 Å². The number of halogens is 1. The molecule has 0 spiro atoms. The Hall–Kier alpha value is -11.3. The van der Waals surface area contributed by atoms with Crippen molar-refractivity contribution in [1.82, 2.24) is 38.2 Å². The predicted molar refractivity (Wildman–Crippen MR) is 337 cm³/mol. The summed E-state index contributed by atoms with van der Waals surface area (Å²) in [5, 5.41) is 8.04. The second-order valence-electron chi connectivity index (χ2n) is 21.1. The smallest absolute Gasteiger partial charge is 0.175 e. The van der Waals surface area contributed by atoms with E-state index in [9.17, 15) is 0 Å². The maximum Gasteiger partial charge on any atom is 0.175 e. The van der Waals surface area contributed by atoms with Gasteiger partial charge in [-0.25, -0.2) is 4.39 Å². The summed E-state index contributed by atoms with van der Waals surface area (Å²) in [5.74, 6) is -0.397. The number of rotatable bonds is 8. The molecule has 8 nitrogen and oxygen atoms in total. The van der Waals surface area contributed by atoms with Crippen LogP contribution in [0.5, 0.6) is 0 Å². The molecule has 0 amide bonds. The van der Waals surface area contributed by atoms with Crippen LogP contribution in [0.1, 0.15) is 0 Å². The Morgan fingerprint density at radius 2 is 0.482 bits per heavy atom.